The predicted octanol–water partition coefficient (Wildman–Crippen LogP) is 3.15. The minimum atomic E-state index is -0.941. The van der Waals surface area contributed by atoms with E-state index in [9.17, 15) is 18.8 Å². The molecule has 0 bridgehead atoms. The Morgan fingerprint density at radius 3 is 2.11 bits per heavy atom. The first-order valence-corrected chi connectivity index (χ1v) is 8.88. The number of halogens is 1. The molecule has 2 aromatic carbocycles. The Hall–Kier alpha value is -3.02. The van der Waals surface area contributed by atoms with Gasteiger partial charge in [0.25, 0.3) is 11.8 Å². The van der Waals surface area contributed by atoms with E-state index in [4.69, 9.17) is 0 Å². The summed E-state index contributed by atoms with van der Waals surface area (Å²) in [5.74, 6) is -1.75. The molecule has 1 N–H and O–H groups in total. The van der Waals surface area contributed by atoms with Gasteiger partial charge in [-0.1, -0.05) is 44.2 Å². The Kier molecular flexibility index (Phi) is 5.35. The lowest BCUT2D eigenvalue weighted by Crippen LogP contribution is -2.50. The van der Waals surface area contributed by atoms with Crippen LogP contribution >= 0.6 is 0 Å². The molecule has 1 aliphatic heterocycles. The van der Waals surface area contributed by atoms with Gasteiger partial charge in [-0.25, -0.2) is 4.39 Å². The molecule has 1 heterocycles. The molecule has 3 amide bonds. The fourth-order valence-electron chi connectivity index (χ4n) is 3.21. The summed E-state index contributed by atoms with van der Waals surface area (Å²) in [4.78, 5) is 39.3. The van der Waals surface area contributed by atoms with Crippen LogP contribution in [0.3, 0.4) is 0 Å². The summed E-state index contributed by atoms with van der Waals surface area (Å²) < 4.78 is 13.8. The van der Waals surface area contributed by atoms with Crippen LogP contribution in [-0.2, 0) is 11.3 Å². The molecule has 1 atom stereocenters. The van der Waals surface area contributed by atoms with Gasteiger partial charge in [-0.3, -0.25) is 19.3 Å². The summed E-state index contributed by atoms with van der Waals surface area (Å²) >= 11 is 0. The molecule has 0 fully saturated rings. The number of fused-ring (bicyclic) bond motifs is 1. The molecular formula is C21H21FN2O3. The van der Waals surface area contributed by atoms with Crippen LogP contribution in [0.4, 0.5) is 4.39 Å². The average Bonchev–Trinajstić information content (AvgIpc) is 2.90. The third-order valence-corrected chi connectivity index (χ3v) is 4.55. The minimum Gasteiger partial charge on any atom is -0.350 e. The Bertz CT molecular complexity index is 860. The van der Waals surface area contributed by atoms with Crippen LogP contribution in [0.25, 0.3) is 0 Å². The van der Waals surface area contributed by atoms with Crippen LogP contribution in [0.15, 0.2) is 48.5 Å². The number of nitrogens with one attached hydrogen (secondary N) is 1. The van der Waals surface area contributed by atoms with Gasteiger partial charge in [-0.15, -0.1) is 0 Å². The number of hydrogen-bond donors (Lipinski definition) is 1. The predicted molar refractivity (Wildman–Crippen MR) is 98.4 cm³/mol. The zero-order valence-corrected chi connectivity index (χ0v) is 15.2. The van der Waals surface area contributed by atoms with E-state index >= 15 is 0 Å². The van der Waals surface area contributed by atoms with Gasteiger partial charge in [0.2, 0.25) is 5.91 Å². The van der Waals surface area contributed by atoms with E-state index in [0.29, 0.717) is 23.1 Å². The van der Waals surface area contributed by atoms with Crippen molar-refractivity contribution in [2.24, 2.45) is 5.92 Å². The summed E-state index contributed by atoms with van der Waals surface area (Å²) in [7, 11) is 0. The van der Waals surface area contributed by atoms with Gasteiger partial charge < -0.3 is 5.32 Å². The van der Waals surface area contributed by atoms with Crippen LogP contribution in [0, 0.1) is 11.7 Å². The van der Waals surface area contributed by atoms with E-state index in [0.717, 1.165) is 4.90 Å². The first-order valence-electron chi connectivity index (χ1n) is 8.88. The normalized spacial score (nSPS) is 14.4. The number of benzene rings is 2. The van der Waals surface area contributed by atoms with E-state index in [1.54, 1.807) is 42.5 Å². The largest absolute Gasteiger partial charge is 0.350 e. The summed E-state index contributed by atoms with van der Waals surface area (Å²) in [5.41, 5.74) is 0.952. The second-order valence-corrected chi connectivity index (χ2v) is 6.98. The highest BCUT2D eigenvalue weighted by molar-refractivity contribution is 6.22. The first-order chi connectivity index (χ1) is 12.9. The maximum atomic E-state index is 13.8. The molecule has 0 spiro atoms. The quantitative estimate of drug-likeness (QED) is 0.797. The lowest BCUT2D eigenvalue weighted by atomic mass is 10.0. The number of hydrogen-bond acceptors (Lipinski definition) is 3. The Morgan fingerprint density at radius 2 is 1.56 bits per heavy atom. The van der Waals surface area contributed by atoms with E-state index in [2.05, 4.69) is 5.32 Å². The highest BCUT2D eigenvalue weighted by Crippen LogP contribution is 2.27. The molecule has 2 aromatic rings. The molecule has 0 saturated heterocycles. The van der Waals surface area contributed by atoms with E-state index in [1.807, 2.05) is 13.8 Å². The molecular weight excluding hydrogens is 347 g/mol. The van der Waals surface area contributed by atoms with Crippen molar-refractivity contribution < 1.29 is 18.8 Å². The van der Waals surface area contributed by atoms with Crippen molar-refractivity contribution in [2.45, 2.75) is 32.9 Å². The maximum Gasteiger partial charge on any atom is 0.262 e. The minimum absolute atomic E-state index is 0.0106. The van der Waals surface area contributed by atoms with Crippen LogP contribution in [-0.4, -0.2) is 28.7 Å². The van der Waals surface area contributed by atoms with Crippen molar-refractivity contribution in [1.29, 1.82) is 0 Å². The molecule has 3 rings (SSSR count). The fourth-order valence-corrected chi connectivity index (χ4v) is 3.21. The van der Waals surface area contributed by atoms with Crippen molar-refractivity contribution >= 4 is 17.7 Å². The van der Waals surface area contributed by atoms with E-state index < -0.39 is 29.6 Å². The van der Waals surface area contributed by atoms with Crippen molar-refractivity contribution in [3.05, 3.63) is 71.0 Å². The Labute approximate surface area is 157 Å². The van der Waals surface area contributed by atoms with Crippen LogP contribution in [0.1, 0.15) is 46.5 Å². The topological polar surface area (TPSA) is 66.5 Å². The molecule has 6 heteroatoms. The number of amides is 3. The second-order valence-electron chi connectivity index (χ2n) is 6.98. The first kappa shape index (κ1) is 18.8. The molecule has 27 heavy (non-hydrogen) atoms. The summed E-state index contributed by atoms with van der Waals surface area (Å²) in [6.07, 6.45) is 0.328. The van der Waals surface area contributed by atoms with E-state index in [1.165, 1.54) is 6.07 Å². The van der Waals surface area contributed by atoms with Crippen molar-refractivity contribution in [1.82, 2.24) is 10.2 Å². The van der Waals surface area contributed by atoms with Gasteiger partial charge in [0.15, 0.2) is 0 Å². The number of nitrogens with zero attached hydrogens (tertiary/aromatic N) is 1. The third-order valence-electron chi connectivity index (χ3n) is 4.55. The van der Waals surface area contributed by atoms with Gasteiger partial charge >= 0.3 is 0 Å². The maximum absolute atomic E-state index is 13.8. The van der Waals surface area contributed by atoms with Crippen LogP contribution < -0.4 is 5.32 Å². The fraction of sp³-hybridized carbons (Fsp3) is 0.286. The number of carbonyl (C=O) groups is 3. The monoisotopic (exact) mass is 368 g/mol. The average molecular weight is 368 g/mol. The highest BCUT2D eigenvalue weighted by Gasteiger charge is 2.42. The smallest absolute Gasteiger partial charge is 0.262 e. The molecule has 0 saturated carbocycles. The standard InChI is InChI=1S/C21H21FN2O3/c1-13(2)11-18(19(25)23-12-14-7-3-6-10-17(14)22)24-20(26)15-8-4-5-9-16(15)21(24)27/h3-10,13,18H,11-12H2,1-2H3,(H,23,25). The zero-order valence-electron chi connectivity index (χ0n) is 15.2. The third kappa shape index (κ3) is 3.74. The molecule has 0 radical (unpaired) electrons. The molecule has 5 nitrogen and oxygen atoms in total. The van der Waals surface area contributed by atoms with Gasteiger partial charge in [0.1, 0.15) is 11.9 Å². The van der Waals surface area contributed by atoms with Gasteiger partial charge in [0.05, 0.1) is 11.1 Å². The Morgan fingerprint density at radius 1 is 1.00 bits per heavy atom. The van der Waals surface area contributed by atoms with Crippen LogP contribution in [0.5, 0.6) is 0 Å². The number of carbonyl (C=O) groups excluding carboxylic acids is 3. The zero-order chi connectivity index (χ0) is 19.6. The van der Waals surface area contributed by atoms with Crippen molar-refractivity contribution in [2.75, 3.05) is 0 Å². The van der Waals surface area contributed by atoms with Crippen LogP contribution in [0.2, 0.25) is 0 Å². The molecule has 0 aliphatic carbocycles. The van der Waals surface area contributed by atoms with E-state index in [-0.39, 0.29) is 12.5 Å². The van der Waals surface area contributed by atoms with Gasteiger partial charge in [-0.05, 0) is 30.5 Å². The summed E-state index contributed by atoms with van der Waals surface area (Å²) in [6, 6.07) is 11.7. The Balaban J connectivity index is 1.82. The summed E-state index contributed by atoms with van der Waals surface area (Å²) in [6.45, 7) is 3.81. The van der Waals surface area contributed by atoms with Gasteiger partial charge in [-0.2, -0.15) is 0 Å². The number of rotatable bonds is 6. The lowest BCUT2D eigenvalue weighted by molar-refractivity contribution is -0.125. The summed E-state index contributed by atoms with van der Waals surface area (Å²) in [5, 5.41) is 2.66. The van der Waals surface area contributed by atoms with Gasteiger partial charge in [0, 0.05) is 12.1 Å². The molecule has 140 valence electrons. The molecule has 1 aliphatic rings. The highest BCUT2D eigenvalue weighted by atomic mass is 19.1. The molecule has 0 aromatic heterocycles. The second kappa shape index (κ2) is 7.70. The van der Waals surface area contributed by atoms with Crippen molar-refractivity contribution in [3.63, 3.8) is 0 Å². The lowest BCUT2D eigenvalue weighted by Gasteiger charge is -2.26. The molecule has 1 unspecified atom stereocenters. The number of imide groups is 1. The SMILES string of the molecule is CC(C)CC(C(=O)NCc1ccccc1F)N1C(=O)c2ccccc2C1=O. The van der Waals surface area contributed by atoms with Crippen molar-refractivity contribution in [3.8, 4) is 0 Å².